The molecule has 4 rings (SSSR count). The van der Waals surface area contributed by atoms with Crippen LogP contribution in [0.5, 0.6) is 0 Å². The second-order valence-electron chi connectivity index (χ2n) is 7.68. The third-order valence-corrected chi connectivity index (χ3v) is 7.21. The van der Waals surface area contributed by atoms with E-state index in [4.69, 9.17) is 0 Å². The van der Waals surface area contributed by atoms with Crippen molar-refractivity contribution in [3.05, 3.63) is 81.3 Å². The first-order valence-electron chi connectivity index (χ1n) is 8.81. The van der Waals surface area contributed by atoms with Crippen molar-refractivity contribution in [3.63, 3.8) is 0 Å². The van der Waals surface area contributed by atoms with Gasteiger partial charge in [-0.2, -0.15) is 0 Å². The Kier molecular flexibility index (Phi) is 6.49. The average Bonchev–Trinajstić information content (AvgIpc) is 3.15. The molecule has 3 aliphatic rings. The van der Waals surface area contributed by atoms with Crippen molar-refractivity contribution in [3.8, 4) is 0 Å². The summed E-state index contributed by atoms with van der Waals surface area (Å²) in [4.78, 5) is 0. The van der Waals surface area contributed by atoms with Crippen LogP contribution < -0.4 is 35.3 Å². The molecule has 0 radical (unpaired) electrons. The summed E-state index contributed by atoms with van der Waals surface area (Å²) in [7, 11) is 0. The zero-order chi connectivity index (χ0) is 17.1. The fourth-order valence-corrected chi connectivity index (χ4v) is 5.31. The summed E-state index contributed by atoms with van der Waals surface area (Å²) in [5.41, 5.74) is 7.51. The molecule has 0 fully saturated rings. The third kappa shape index (κ3) is 3.11. The number of aryl methyl sites for hydroxylation is 1. The zero-order valence-corrected chi connectivity index (χ0v) is 19.6. The summed E-state index contributed by atoms with van der Waals surface area (Å²) in [6.07, 6.45) is 12.8. The molecule has 0 saturated carbocycles. The summed E-state index contributed by atoms with van der Waals surface area (Å²) < 4.78 is 1.54. The predicted octanol–water partition coefficient (Wildman–Crippen LogP) is -1.76. The Labute approximate surface area is 184 Å². The van der Waals surface area contributed by atoms with Crippen LogP contribution in [0.25, 0.3) is 8.85 Å². The fraction of sp³-hybridized carbons (Fsp3) is 0.304. The Hall–Kier alpha value is -0.617. The van der Waals surface area contributed by atoms with Gasteiger partial charge in [-0.15, -0.1) is 0 Å². The van der Waals surface area contributed by atoms with Gasteiger partial charge in [0.05, 0.1) is 0 Å². The molecule has 1 unspecified atom stereocenters. The molecule has 0 nitrogen and oxygen atoms in total. The molecule has 0 aliphatic heterocycles. The summed E-state index contributed by atoms with van der Waals surface area (Å²) in [5, 5.41) is 2.88. The first-order chi connectivity index (χ1) is 11.4. The minimum absolute atomic E-state index is 0. The monoisotopic (exact) mass is 459 g/mol. The van der Waals surface area contributed by atoms with Crippen molar-refractivity contribution in [2.45, 2.75) is 34.1 Å². The van der Waals surface area contributed by atoms with E-state index in [1.165, 1.54) is 60.7 Å². The summed E-state index contributed by atoms with van der Waals surface area (Å²) in [5.74, 6) is 0.577. The third-order valence-electron chi connectivity index (χ3n) is 5.93. The molecule has 3 heteroatoms. The Morgan fingerprint density at radius 3 is 2.46 bits per heavy atom. The molecule has 0 bridgehead atoms. The van der Waals surface area contributed by atoms with Crippen molar-refractivity contribution < 1.29 is 49.5 Å². The van der Waals surface area contributed by atoms with E-state index in [1.54, 1.807) is 5.57 Å². The van der Waals surface area contributed by atoms with Gasteiger partial charge in [-0.05, 0) is 0 Å². The number of halogens is 2. The molecule has 3 aliphatic carbocycles. The topological polar surface area (TPSA) is 0 Å². The summed E-state index contributed by atoms with van der Waals surface area (Å²) in [6, 6.07) is 6.94. The van der Waals surface area contributed by atoms with Gasteiger partial charge >= 0.3 is 160 Å². The molecular weight excluding hydrogens is 438 g/mol. The smallest absolute Gasteiger partial charge is 1.00 e. The Morgan fingerprint density at radius 2 is 1.85 bits per heavy atom. The molecule has 1 atom stereocenters. The van der Waals surface area contributed by atoms with Gasteiger partial charge in [0.2, 0.25) is 0 Å². The molecule has 0 heterocycles. The predicted molar refractivity (Wildman–Crippen MR) is 98.2 cm³/mol. The number of benzene rings is 1. The summed E-state index contributed by atoms with van der Waals surface area (Å²) in [6.45, 7) is 9.33. The summed E-state index contributed by atoms with van der Waals surface area (Å²) >= 11 is 1.52. The van der Waals surface area contributed by atoms with Gasteiger partial charge in [0.15, 0.2) is 0 Å². The van der Waals surface area contributed by atoms with Crippen LogP contribution in [0, 0.1) is 18.3 Å². The minimum atomic E-state index is 0. The van der Waals surface area contributed by atoms with Gasteiger partial charge < -0.3 is 24.8 Å². The van der Waals surface area contributed by atoms with Crippen LogP contribution in [0.4, 0.5) is 0 Å². The maximum Gasteiger partial charge on any atom is -1.00 e. The van der Waals surface area contributed by atoms with E-state index >= 15 is 0 Å². The number of hydrogen-bond donors (Lipinski definition) is 0. The second-order valence-corrected chi connectivity index (χ2v) is 8.91. The van der Waals surface area contributed by atoms with Crippen molar-refractivity contribution in [1.29, 1.82) is 0 Å². The maximum atomic E-state index is 2.46. The maximum absolute atomic E-state index is 2.46. The van der Waals surface area contributed by atoms with E-state index in [9.17, 15) is 0 Å². The average molecular weight is 462 g/mol. The molecule has 26 heavy (non-hydrogen) atoms. The first kappa shape index (κ1) is 21.7. The molecule has 133 valence electrons. The Bertz CT molecular complexity index is 990. The quantitative estimate of drug-likeness (QED) is 0.490. The van der Waals surface area contributed by atoms with Crippen LogP contribution in [0.2, 0.25) is 0 Å². The van der Waals surface area contributed by atoms with Gasteiger partial charge in [-0.25, -0.2) is 0 Å². The minimum Gasteiger partial charge on any atom is -1.00 e. The molecule has 1 aromatic rings. The SMILES string of the molecule is Cc1ccc2c(c1)=[C]([Zr+2])C1=C(C3=CC=CC3)C(C)(C(C)C)C=CC=21.[Cl-].[Cl-]. The molecule has 0 spiro atoms. The molecule has 0 aromatic heterocycles. The van der Waals surface area contributed by atoms with Crippen LogP contribution in [-0.4, -0.2) is 0 Å². The molecule has 1 aromatic carbocycles. The zero-order valence-electron chi connectivity index (χ0n) is 15.7. The van der Waals surface area contributed by atoms with Gasteiger partial charge in [0.1, 0.15) is 0 Å². The number of fused-ring (bicyclic) bond motifs is 2. The van der Waals surface area contributed by atoms with Crippen LogP contribution >= 0.6 is 0 Å². The second kappa shape index (κ2) is 7.78. The fourth-order valence-electron chi connectivity index (χ4n) is 4.17. The van der Waals surface area contributed by atoms with Crippen LogP contribution in [0.1, 0.15) is 32.8 Å². The van der Waals surface area contributed by atoms with Crippen LogP contribution in [0.15, 0.2) is 65.3 Å². The van der Waals surface area contributed by atoms with Gasteiger partial charge in [-0.3, -0.25) is 0 Å². The largest absolute Gasteiger partial charge is 1.00 e. The van der Waals surface area contributed by atoms with E-state index < -0.39 is 0 Å². The Morgan fingerprint density at radius 1 is 1.12 bits per heavy atom. The van der Waals surface area contributed by atoms with E-state index in [2.05, 4.69) is 76.3 Å². The molecule has 0 amide bonds. The van der Waals surface area contributed by atoms with Crippen molar-refractivity contribution >= 4 is 8.85 Å². The van der Waals surface area contributed by atoms with Crippen LogP contribution in [-0.2, 0) is 24.7 Å². The Balaban J connectivity index is 0.00000121. The van der Waals surface area contributed by atoms with Crippen LogP contribution in [0.3, 0.4) is 0 Å². The number of allylic oxidation sites excluding steroid dienone is 8. The van der Waals surface area contributed by atoms with Crippen molar-refractivity contribution in [2.75, 3.05) is 0 Å². The normalized spacial score (nSPS) is 23.0. The molecule has 0 saturated heterocycles. The molecule has 0 N–H and O–H groups in total. The van der Waals surface area contributed by atoms with E-state index in [0.717, 1.165) is 6.42 Å². The van der Waals surface area contributed by atoms with Gasteiger partial charge in [0, 0.05) is 0 Å². The van der Waals surface area contributed by atoms with Crippen molar-refractivity contribution in [2.24, 2.45) is 11.3 Å². The number of rotatable bonds is 2. The van der Waals surface area contributed by atoms with E-state index in [1.807, 2.05) is 0 Å². The number of hydrogen-bond acceptors (Lipinski definition) is 0. The van der Waals surface area contributed by atoms with Gasteiger partial charge in [0.25, 0.3) is 0 Å². The van der Waals surface area contributed by atoms with Crippen molar-refractivity contribution in [1.82, 2.24) is 0 Å². The standard InChI is InChI=1S/C23H23.2ClH.Zr/c1-15(2)23(4)12-11-20-19-10-9-16(3)13-18(19)14-21(20)22(23)17-7-5-6-8-17;;;/h5-7,9-13,15H,8H2,1-4H3;2*1H;/q;;;+2/p-2. The van der Waals surface area contributed by atoms with E-state index in [-0.39, 0.29) is 30.2 Å². The molecular formula is C23H23Cl2Zr. The van der Waals surface area contributed by atoms with Gasteiger partial charge in [-0.1, -0.05) is 0 Å². The van der Waals surface area contributed by atoms with E-state index in [0.29, 0.717) is 5.92 Å². The first-order valence-corrected chi connectivity index (χ1v) is 10.0.